The number of rotatable bonds is 5. The van der Waals surface area contributed by atoms with Gasteiger partial charge in [-0.25, -0.2) is 4.39 Å². The van der Waals surface area contributed by atoms with E-state index in [1.807, 2.05) is 45.5 Å². The van der Waals surface area contributed by atoms with Crippen molar-refractivity contribution in [3.63, 3.8) is 0 Å². The highest BCUT2D eigenvalue weighted by molar-refractivity contribution is 7.10. The van der Waals surface area contributed by atoms with E-state index in [9.17, 15) is 14.0 Å². The minimum atomic E-state index is -0.306. The first kappa shape index (κ1) is 21.8. The van der Waals surface area contributed by atoms with Crippen molar-refractivity contribution < 1.29 is 14.0 Å². The molecular weight excluding hydrogens is 435 g/mol. The number of amides is 2. The molecule has 1 fully saturated rings. The Morgan fingerprint density at radius 3 is 2.55 bits per heavy atom. The number of thiophene rings is 1. The Labute approximate surface area is 197 Å². The standard InChI is InChI=1S/C27H27FN2O2S/c28-22-8-4-7-20(17-22)27-23-13-16-33-24(23)12-15-30(27)26(32)10-9-25(31)29-14-11-21(18-29)19-5-2-1-3-6-19/h1-8,13,16-17,21,27H,9-12,14-15,18H2. The smallest absolute Gasteiger partial charge is 0.223 e. The molecule has 1 aromatic heterocycles. The van der Waals surface area contributed by atoms with Crippen molar-refractivity contribution in [2.24, 2.45) is 0 Å². The molecule has 2 unspecified atom stereocenters. The highest BCUT2D eigenvalue weighted by Gasteiger charge is 2.34. The Morgan fingerprint density at radius 1 is 0.939 bits per heavy atom. The number of nitrogens with zero attached hydrogens (tertiary/aromatic N) is 2. The summed E-state index contributed by atoms with van der Waals surface area (Å²) in [6.45, 7) is 2.03. The van der Waals surface area contributed by atoms with Gasteiger partial charge < -0.3 is 9.80 Å². The van der Waals surface area contributed by atoms with Crippen LogP contribution < -0.4 is 0 Å². The molecule has 2 aromatic carbocycles. The molecule has 0 saturated carbocycles. The number of carbonyl (C=O) groups is 2. The van der Waals surface area contributed by atoms with Crippen molar-refractivity contribution in [3.8, 4) is 0 Å². The van der Waals surface area contributed by atoms with Crippen molar-refractivity contribution in [1.29, 1.82) is 0 Å². The zero-order valence-electron chi connectivity index (χ0n) is 18.5. The monoisotopic (exact) mass is 462 g/mol. The fourth-order valence-electron chi connectivity index (χ4n) is 5.12. The number of likely N-dealkylation sites (tertiary alicyclic amines) is 1. The van der Waals surface area contributed by atoms with Crippen LogP contribution in [0.3, 0.4) is 0 Å². The first-order valence-corrected chi connectivity index (χ1v) is 12.4. The third kappa shape index (κ3) is 4.58. The van der Waals surface area contributed by atoms with Crippen LogP contribution in [0.4, 0.5) is 4.39 Å². The minimum absolute atomic E-state index is 0.0392. The lowest BCUT2D eigenvalue weighted by atomic mass is 9.92. The predicted octanol–water partition coefficient (Wildman–Crippen LogP) is 5.16. The quantitative estimate of drug-likeness (QED) is 0.526. The second-order valence-electron chi connectivity index (χ2n) is 8.83. The molecule has 0 aliphatic carbocycles. The predicted molar refractivity (Wildman–Crippen MR) is 128 cm³/mol. The molecule has 0 N–H and O–H groups in total. The summed E-state index contributed by atoms with van der Waals surface area (Å²) < 4.78 is 14.0. The largest absolute Gasteiger partial charge is 0.342 e. The molecule has 4 nitrogen and oxygen atoms in total. The third-order valence-electron chi connectivity index (χ3n) is 6.82. The van der Waals surface area contributed by atoms with Crippen LogP contribution in [0.1, 0.15) is 52.8 Å². The van der Waals surface area contributed by atoms with Gasteiger partial charge >= 0.3 is 0 Å². The van der Waals surface area contributed by atoms with E-state index in [0.29, 0.717) is 19.0 Å². The van der Waals surface area contributed by atoms with Gasteiger partial charge in [-0.1, -0.05) is 42.5 Å². The maximum Gasteiger partial charge on any atom is 0.223 e. The Morgan fingerprint density at radius 2 is 1.73 bits per heavy atom. The van der Waals surface area contributed by atoms with Gasteiger partial charge in [0, 0.05) is 43.3 Å². The van der Waals surface area contributed by atoms with Gasteiger partial charge in [0.25, 0.3) is 0 Å². The highest BCUT2D eigenvalue weighted by Crippen LogP contribution is 2.38. The van der Waals surface area contributed by atoms with Gasteiger partial charge in [-0.15, -0.1) is 11.3 Å². The average molecular weight is 463 g/mol. The van der Waals surface area contributed by atoms with Gasteiger partial charge in [-0.2, -0.15) is 0 Å². The summed E-state index contributed by atoms with van der Waals surface area (Å²) in [6.07, 6.45) is 2.14. The number of hydrogen-bond donors (Lipinski definition) is 0. The Balaban J connectivity index is 1.25. The first-order chi connectivity index (χ1) is 16.1. The van der Waals surface area contributed by atoms with Crippen LogP contribution in [0, 0.1) is 5.82 Å². The van der Waals surface area contributed by atoms with Crippen molar-refractivity contribution >= 4 is 23.2 Å². The molecule has 2 amide bonds. The van der Waals surface area contributed by atoms with E-state index in [1.54, 1.807) is 17.4 Å². The molecule has 0 bridgehead atoms. The van der Waals surface area contributed by atoms with Crippen LogP contribution in [0.15, 0.2) is 66.0 Å². The van der Waals surface area contributed by atoms with E-state index in [1.165, 1.54) is 22.6 Å². The van der Waals surface area contributed by atoms with Crippen LogP contribution in [0.5, 0.6) is 0 Å². The normalized spacial score (nSPS) is 20.0. The van der Waals surface area contributed by atoms with Gasteiger partial charge in [0.15, 0.2) is 0 Å². The number of hydrogen-bond acceptors (Lipinski definition) is 3. The summed E-state index contributed by atoms with van der Waals surface area (Å²) in [7, 11) is 0. The summed E-state index contributed by atoms with van der Waals surface area (Å²) in [5, 5.41) is 2.03. The Kier molecular flexibility index (Phi) is 6.27. The van der Waals surface area contributed by atoms with E-state index in [0.717, 1.165) is 30.5 Å². The van der Waals surface area contributed by atoms with Gasteiger partial charge in [-0.3, -0.25) is 9.59 Å². The van der Waals surface area contributed by atoms with Crippen LogP contribution >= 0.6 is 11.3 Å². The van der Waals surface area contributed by atoms with E-state index in [2.05, 4.69) is 12.1 Å². The molecule has 2 atom stereocenters. The van der Waals surface area contributed by atoms with Gasteiger partial charge in [0.2, 0.25) is 11.8 Å². The van der Waals surface area contributed by atoms with E-state index < -0.39 is 0 Å². The lowest BCUT2D eigenvalue weighted by molar-refractivity contribution is -0.137. The second kappa shape index (κ2) is 9.48. The number of benzene rings is 2. The second-order valence-corrected chi connectivity index (χ2v) is 9.83. The van der Waals surface area contributed by atoms with Gasteiger partial charge in [-0.05, 0) is 53.1 Å². The molecule has 0 radical (unpaired) electrons. The zero-order valence-corrected chi connectivity index (χ0v) is 19.3. The first-order valence-electron chi connectivity index (χ1n) is 11.5. The molecule has 3 heterocycles. The molecular formula is C27H27FN2O2S. The molecule has 1 saturated heterocycles. The molecule has 0 spiro atoms. The Bertz CT molecular complexity index is 1150. The third-order valence-corrected chi connectivity index (χ3v) is 7.81. The molecule has 170 valence electrons. The summed E-state index contributed by atoms with van der Waals surface area (Å²) >= 11 is 1.68. The van der Waals surface area contributed by atoms with E-state index in [4.69, 9.17) is 0 Å². The Hall–Kier alpha value is -2.99. The zero-order chi connectivity index (χ0) is 22.8. The lowest BCUT2D eigenvalue weighted by Gasteiger charge is -2.36. The number of fused-ring (bicyclic) bond motifs is 1. The van der Waals surface area contributed by atoms with E-state index in [-0.39, 0.29) is 36.5 Å². The van der Waals surface area contributed by atoms with Crippen molar-refractivity contribution in [1.82, 2.24) is 9.80 Å². The summed E-state index contributed by atoms with van der Waals surface area (Å²) in [5.74, 6) is 0.0485. The number of carbonyl (C=O) groups excluding carboxylic acids is 2. The summed E-state index contributed by atoms with van der Waals surface area (Å²) in [6, 6.07) is 18.5. The molecule has 3 aromatic rings. The van der Waals surface area contributed by atoms with Gasteiger partial charge in [0.05, 0.1) is 6.04 Å². The molecule has 33 heavy (non-hydrogen) atoms. The SMILES string of the molecule is O=C(CCC(=O)N1CCc2sccc2C1c1cccc(F)c1)N1CCC(c2ccccc2)C1. The fourth-order valence-corrected chi connectivity index (χ4v) is 6.02. The van der Waals surface area contributed by atoms with Crippen molar-refractivity contribution in [2.45, 2.75) is 37.6 Å². The summed E-state index contributed by atoms with van der Waals surface area (Å²) in [5.41, 5.74) is 3.11. The van der Waals surface area contributed by atoms with Crippen LogP contribution in [-0.4, -0.2) is 41.2 Å². The van der Waals surface area contributed by atoms with E-state index >= 15 is 0 Å². The molecule has 5 rings (SSSR count). The van der Waals surface area contributed by atoms with Crippen LogP contribution in [0.25, 0.3) is 0 Å². The molecule has 6 heteroatoms. The summed E-state index contributed by atoms with van der Waals surface area (Å²) in [4.78, 5) is 31.1. The fraction of sp³-hybridized carbons (Fsp3) is 0.333. The van der Waals surface area contributed by atoms with Crippen molar-refractivity contribution in [3.05, 3.63) is 93.4 Å². The lowest BCUT2D eigenvalue weighted by Crippen LogP contribution is -2.40. The maximum atomic E-state index is 14.0. The van der Waals surface area contributed by atoms with Crippen LogP contribution in [0.2, 0.25) is 0 Å². The van der Waals surface area contributed by atoms with Crippen LogP contribution in [-0.2, 0) is 16.0 Å². The minimum Gasteiger partial charge on any atom is -0.342 e. The molecule has 2 aliphatic rings. The number of halogens is 1. The molecule has 2 aliphatic heterocycles. The van der Waals surface area contributed by atoms with Crippen molar-refractivity contribution in [2.75, 3.05) is 19.6 Å². The topological polar surface area (TPSA) is 40.6 Å². The average Bonchev–Trinajstić information content (AvgIpc) is 3.52. The highest BCUT2D eigenvalue weighted by atomic mass is 32.1. The maximum absolute atomic E-state index is 14.0. The van der Waals surface area contributed by atoms with Gasteiger partial charge in [0.1, 0.15) is 5.82 Å².